The van der Waals surface area contributed by atoms with E-state index >= 15 is 0 Å². The first kappa shape index (κ1) is 25.3. The Hall–Kier alpha value is -3.28. The molecule has 0 saturated carbocycles. The quantitative estimate of drug-likeness (QED) is 0.413. The number of esters is 1. The van der Waals surface area contributed by atoms with Crippen molar-refractivity contribution in [2.75, 3.05) is 17.7 Å². The Labute approximate surface area is 207 Å². The summed E-state index contributed by atoms with van der Waals surface area (Å²) < 4.78 is 5.11. The smallest absolute Gasteiger partial charge is 0.319 e. The van der Waals surface area contributed by atoms with Gasteiger partial charge in [-0.15, -0.1) is 0 Å². The molecule has 3 rings (SSSR count). The van der Waals surface area contributed by atoms with E-state index < -0.39 is 23.7 Å². The second-order valence-corrected chi connectivity index (χ2v) is 8.81. The van der Waals surface area contributed by atoms with Gasteiger partial charge in [-0.25, -0.2) is 0 Å². The molecule has 0 aliphatic carbocycles. The minimum atomic E-state index is -1.27. The van der Waals surface area contributed by atoms with Gasteiger partial charge in [-0.05, 0) is 36.6 Å². The highest BCUT2D eigenvalue weighted by Gasteiger charge is 2.45. The van der Waals surface area contributed by atoms with Gasteiger partial charge < -0.3 is 15.4 Å². The van der Waals surface area contributed by atoms with E-state index in [1.54, 1.807) is 31.2 Å². The lowest BCUT2D eigenvalue weighted by atomic mass is 9.78. The molecule has 0 saturated heterocycles. The molecule has 2 N–H and O–H groups in total. The lowest BCUT2D eigenvalue weighted by Gasteiger charge is -2.31. The summed E-state index contributed by atoms with van der Waals surface area (Å²) in [5, 5.41) is 16.0. The zero-order valence-electron chi connectivity index (χ0n) is 18.8. The van der Waals surface area contributed by atoms with Gasteiger partial charge >= 0.3 is 5.97 Å². The van der Waals surface area contributed by atoms with Crippen LogP contribution in [-0.2, 0) is 25.5 Å². The van der Waals surface area contributed by atoms with Crippen LogP contribution in [0.3, 0.4) is 0 Å². The number of thioether (sulfide) groups is 1. The summed E-state index contributed by atoms with van der Waals surface area (Å²) in [7, 11) is 0. The summed E-state index contributed by atoms with van der Waals surface area (Å²) in [5.41, 5.74) is 2.33. The third-order valence-corrected chi connectivity index (χ3v) is 6.69. The van der Waals surface area contributed by atoms with Crippen molar-refractivity contribution in [3.8, 4) is 6.07 Å². The number of hydrogen-bond acceptors (Lipinski definition) is 6. The van der Waals surface area contributed by atoms with Crippen molar-refractivity contribution < 1.29 is 19.1 Å². The van der Waals surface area contributed by atoms with Crippen LogP contribution in [0.15, 0.2) is 59.1 Å². The predicted molar refractivity (Wildman–Crippen MR) is 132 cm³/mol. The lowest BCUT2D eigenvalue weighted by Crippen LogP contribution is -2.44. The standard InChI is InChI=1S/C25H24ClN3O4S/c1-3-15-9-5-8-12-19(15)28-20(30)14-34-24-17(13-27)21(16-10-6-7-11-18(16)26)22(23(31)29-24)25(32)33-4-2/h5-12,21-22H,3-4,14H2,1-2H3,(H,28,30)(H,29,31)/t21-,22+/m0/s1. The van der Waals surface area contributed by atoms with Gasteiger partial charge in [-0.1, -0.05) is 66.7 Å². The number of halogens is 1. The third kappa shape index (κ3) is 5.61. The van der Waals surface area contributed by atoms with Gasteiger partial charge in [-0.2, -0.15) is 5.26 Å². The minimum Gasteiger partial charge on any atom is -0.465 e. The topological polar surface area (TPSA) is 108 Å². The van der Waals surface area contributed by atoms with E-state index in [-0.39, 0.29) is 28.9 Å². The molecule has 2 aromatic rings. The number of nitrogens with zero attached hydrogens (tertiary/aromatic N) is 1. The molecule has 1 aliphatic heterocycles. The van der Waals surface area contributed by atoms with Crippen LogP contribution in [0, 0.1) is 17.2 Å². The van der Waals surface area contributed by atoms with E-state index in [2.05, 4.69) is 16.7 Å². The van der Waals surface area contributed by atoms with Crippen molar-refractivity contribution in [1.82, 2.24) is 5.32 Å². The van der Waals surface area contributed by atoms with Gasteiger partial charge in [0.15, 0.2) is 0 Å². The SMILES string of the molecule is CCOC(=O)[C@H]1C(=O)NC(SCC(=O)Nc2ccccc2CC)=C(C#N)[C@@H]1c1ccccc1Cl. The molecule has 2 amide bonds. The highest BCUT2D eigenvalue weighted by atomic mass is 35.5. The van der Waals surface area contributed by atoms with Crippen LogP contribution in [0.4, 0.5) is 5.69 Å². The fraction of sp³-hybridized carbons (Fsp3) is 0.280. The largest absolute Gasteiger partial charge is 0.465 e. The van der Waals surface area contributed by atoms with Crippen molar-refractivity contribution in [2.24, 2.45) is 5.92 Å². The Balaban J connectivity index is 1.91. The van der Waals surface area contributed by atoms with Gasteiger partial charge in [0.05, 0.1) is 29.0 Å². The normalized spacial score (nSPS) is 17.5. The molecule has 9 heteroatoms. The molecule has 1 aliphatic rings. The first-order chi connectivity index (χ1) is 16.4. The third-order valence-electron chi connectivity index (χ3n) is 5.33. The molecule has 176 valence electrons. The molecule has 0 spiro atoms. The molecule has 1 heterocycles. The number of nitriles is 1. The van der Waals surface area contributed by atoms with E-state index in [4.69, 9.17) is 16.3 Å². The number of para-hydroxylation sites is 1. The number of carbonyl (C=O) groups is 3. The van der Waals surface area contributed by atoms with Gasteiger partial charge in [0, 0.05) is 16.6 Å². The van der Waals surface area contributed by atoms with E-state index in [0.717, 1.165) is 23.7 Å². The molecule has 34 heavy (non-hydrogen) atoms. The van der Waals surface area contributed by atoms with E-state index in [0.29, 0.717) is 16.3 Å². The fourth-order valence-electron chi connectivity index (χ4n) is 3.76. The van der Waals surface area contributed by atoms with Gasteiger partial charge in [-0.3, -0.25) is 14.4 Å². The number of carbonyl (C=O) groups excluding carboxylic acids is 3. The van der Waals surface area contributed by atoms with Crippen LogP contribution in [0.2, 0.25) is 5.02 Å². The van der Waals surface area contributed by atoms with E-state index in [9.17, 15) is 19.6 Å². The van der Waals surface area contributed by atoms with Gasteiger partial charge in [0.1, 0.15) is 5.92 Å². The number of nitrogens with one attached hydrogen (secondary N) is 2. The molecule has 2 atom stereocenters. The summed E-state index contributed by atoms with van der Waals surface area (Å²) in [4.78, 5) is 38.3. The van der Waals surface area contributed by atoms with Crippen LogP contribution in [0.25, 0.3) is 0 Å². The number of rotatable bonds is 8. The van der Waals surface area contributed by atoms with Crippen molar-refractivity contribution >= 4 is 46.8 Å². The summed E-state index contributed by atoms with van der Waals surface area (Å²) in [6.45, 7) is 3.72. The van der Waals surface area contributed by atoms with Crippen LogP contribution in [0.1, 0.15) is 30.9 Å². The van der Waals surface area contributed by atoms with Crippen LogP contribution >= 0.6 is 23.4 Å². The first-order valence-electron chi connectivity index (χ1n) is 10.8. The second-order valence-electron chi connectivity index (χ2n) is 7.42. The summed E-state index contributed by atoms with van der Waals surface area (Å²) in [5.74, 6) is -3.89. The average Bonchev–Trinajstić information content (AvgIpc) is 2.83. The van der Waals surface area contributed by atoms with E-state index in [1.165, 1.54) is 0 Å². The number of benzene rings is 2. The first-order valence-corrected chi connectivity index (χ1v) is 12.1. The highest BCUT2D eigenvalue weighted by Crippen LogP contribution is 2.42. The number of anilines is 1. The van der Waals surface area contributed by atoms with Crippen LogP contribution in [-0.4, -0.2) is 30.1 Å². The summed E-state index contributed by atoms with van der Waals surface area (Å²) in [6.07, 6.45) is 0.762. The zero-order valence-corrected chi connectivity index (χ0v) is 20.3. The zero-order chi connectivity index (χ0) is 24.7. The Kier molecular flexibility index (Phi) is 8.74. The maximum absolute atomic E-state index is 13.0. The van der Waals surface area contributed by atoms with Crippen LogP contribution < -0.4 is 10.6 Å². The molecule has 0 aromatic heterocycles. The molecule has 0 unspecified atom stereocenters. The van der Waals surface area contributed by atoms with Crippen molar-refractivity contribution in [1.29, 1.82) is 5.26 Å². The van der Waals surface area contributed by atoms with Gasteiger partial charge in [0.2, 0.25) is 11.8 Å². The number of allylic oxidation sites excluding steroid dienone is 1. The molecular formula is C25H24ClN3O4S. The Morgan fingerprint density at radius 3 is 2.56 bits per heavy atom. The lowest BCUT2D eigenvalue weighted by molar-refractivity contribution is -0.152. The number of hydrogen-bond donors (Lipinski definition) is 2. The Morgan fingerprint density at radius 2 is 1.88 bits per heavy atom. The monoisotopic (exact) mass is 497 g/mol. The molecule has 0 radical (unpaired) electrons. The number of amides is 2. The average molecular weight is 498 g/mol. The molecular weight excluding hydrogens is 474 g/mol. The maximum atomic E-state index is 13.0. The highest BCUT2D eigenvalue weighted by molar-refractivity contribution is 8.03. The van der Waals surface area contributed by atoms with E-state index in [1.807, 2.05) is 31.2 Å². The molecule has 0 bridgehead atoms. The maximum Gasteiger partial charge on any atom is 0.319 e. The second kappa shape index (κ2) is 11.7. The molecule has 2 aromatic carbocycles. The van der Waals surface area contributed by atoms with Crippen LogP contribution in [0.5, 0.6) is 0 Å². The fourth-order valence-corrected chi connectivity index (χ4v) is 4.86. The number of ether oxygens (including phenoxy) is 1. The molecule has 0 fully saturated rings. The summed E-state index contributed by atoms with van der Waals surface area (Å²) in [6, 6.07) is 16.4. The minimum absolute atomic E-state index is 0.0435. The number of aryl methyl sites for hydroxylation is 1. The Morgan fingerprint density at radius 1 is 1.18 bits per heavy atom. The van der Waals surface area contributed by atoms with Crippen molar-refractivity contribution in [3.63, 3.8) is 0 Å². The predicted octanol–water partition coefficient (Wildman–Crippen LogP) is 4.40. The Bertz CT molecular complexity index is 1170. The summed E-state index contributed by atoms with van der Waals surface area (Å²) >= 11 is 7.41. The van der Waals surface area contributed by atoms with Gasteiger partial charge in [0.25, 0.3) is 0 Å². The van der Waals surface area contributed by atoms with Crippen molar-refractivity contribution in [3.05, 3.63) is 75.3 Å². The molecule has 7 nitrogen and oxygen atoms in total. The van der Waals surface area contributed by atoms with Crippen molar-refractivity contribution in [2.45, 2.75) is 26.2 Å².